The van der Waals surface area contributed by atoms with Gasteiger partial charge < -0.3 is 14.6 Å². The van der Waals surface area contributed by atoms with Crippen molar-refractivity contribution in [2.24, 2.45) is 24.8 Å². The molecule has 2 rings (SSSR count). The van der Waals surface area contributed by atoms with Gasteiger partial charge in [-0.15, -0.1) is 0 Å². The molecule has 0 aliphatic heterocycles. The lowest BCUT2D eigenvalue weighted by molar-refractivity contribution is -0.148. The number of aryl methyl sites for hydroxylation is 1. The van der Waals surface area contributed by atoms with Crippen LogP contribution in [-0.2, 0) is 23.2 Å². The first-order chi connectivity index (χ1) is 9.93. The van der Waals surface area contributed by atoms with Gasteiger partial charge in [0.2, 0.25) is 5.91 Å². The van der Waals surface area contributed by atoms with Crippen LogP contribution in [-0.4, -0.2) is 38.5 Å². The maximum Gasteiger partial charge on any atom is 0.307 e. The summed E-state index contributed by atoms with van der Waals surface area (Å²) in [5, 5.41) is 9.34. The van der Waals surface area contributed by atoms with Crippen molar-refractivity contribution in [2.45, 2.75) is 32.7 Å². The number of carboxylic acids is 1. The highest BCUT2D eigenvalue weighted by atomic mass is 16.4. The average Bonchev–Trinajstić information content (AvgIpc) is 3.05. The Morgan fingerprint density at radius 3 is 2.62 bits per heavy atom. The fourth-order valence-corrected chi connectivity index (χ4v) is 3.14. The van der Waals surface area contributed by atoms with Gasteiger partial charge >= 0.3 is 5.97 Å². The molecule has 21 heavy (non-hydrogen) atoms. The second kappa shape index (κ2) is 6.28. The Hall–Kier alpha value is -1.85. The predicted molar refractivity (Wildman–Crippen MR) is 77.3 cm³/mol. The Balaban J connectivity index is 2.07. The van der Waals surface area contributed by atoms with Crippen LogP contribution in [0.3, 0.4) is 0 Å². The van der Waals surface area contributed by atoms with Crippen molar-refractivity contribution in [3.05, 3.63) is 18.2 Å². The van der Waals surface area contributed by atoms with Gasteiger partial charge in [0, 0.05) is 26.5 Å². The zero-order chi connectivity index (χ0) is 15.6. The molecule has 3 unspecified atom stereocenters. The highest BCUT2D eigenvalue weighted by Crippen LogP contribution is 2.39. The number of carbonyl (C=O) groups is 2. The maximum atomic E-state index is 12.6. The number of amides is 1. The van der Waals surface area contributed by atoms with Gasteiger partial charge in [-0.05, 0) is 18.8 Å². The van der Waals surface area contributed by atoms with Crippen LogP contribution in [0.5, 0.6) is 0 Å². The number of aliphatic carboxylic acids is 1. The highest BCUT2D eigenvalue weighted by molar-refractivity contribution is 5.85. The topological polar surface area (TPSA) is 75.4 Å². The summed E-state index contributed by atoms with van der Waals surface area (Å²) >= 11 is 0. The number of imidazole rings is 1. The summed E-state index contributed by atoms with van der Waals surface area (Å²) in [6.07, 6.45) is 5.74. The summed E-state index contributed by atoms with van der Waals surface area (Å²) in [6, 6.07) is 0. The molecule has 3 atom stereocenters. The Labute approximate surface area is 124 Å². The van der Waals surface area contributed by atoms with Crippen LogP contribution in [0.4, 0.5) is 0 Å². The van der Waals surface area contributed by atoms with Crippen LogP contribution in [0.1, 0.15) is 32.0 Å². The highest BCUT2D eigenvalue weighted by Gasteiger charge is 2.43. The molecule has 116 valence electrons. The molecule has 1 fully saturated rings. The van der Waals surface area contributed by atoms with E-state index in [-0.39, 0.29) is 5.91 Å². The summed E-state index contributed by atoms with van der Waals surface area (Å²) in [5.41, 5.74) is 0. The molecule has 0 spiro atoms. The number of hydrogen-bond acceptors (Lipinski definition) is 3. The van der Waals surface area contributed by atoms with Crippen molar-refractivity contribution in [2.75, 3.05) is 7.05 Å². The van der Waals surface area contributed by atoms with Crippen molar-refractivity contribution in [3.8, 4) is 0 Å². The molecule has 0 radical (unpaired) electrons. The monoisotopic (exact) mass is 293 g/mol. The van der Waals surface area contributed by atoms with Crippen LogP contribution in [0.2, 0.25) is 0 Å². The zero-order valence-corrected chi connectivity index (χ0v) is 12.8. The second-order valence-electron chi connectivity index (χ2n) is 5.95. The third-order valence-electron chi connectivity index (χ3n) is 4.55. The molecule has 1 saturated carbocycles. The largest absolute Gasteiger partial charge is 0.481 e. The van der Waals surface area contributed by atoms with Crippen LogP contribution < -0.4 is 0 Å². The minimum Gasteiger partial charge on any atom is -0.481 e. The normalized spacial score (nSPS) is 25.0. The Bertz CT molecular complexity index is 526. The van der Waals surface area contributed by atoms with Gasteiger partial charge in [0.15, 0.2) is 0 Å². The molecule has 0 bridgehead atoms. The lowest BCUT2D eigenvalue weighted by Crippen LogP contribution is -2.37. The van der Waals surface area contributed by atoms with Crippen molar-refractivity contribution >= 4 is 11.9 Å². The van der Waals surface area contributed by atoms with E-state index in [0.717, 1.165) is 12.2 Å². The molecular formula is C15H23N3O3. The Morgan fingerprint density at radius 1 is 1.43 bits per heavy atom. The van der Waals surface area contributed by atoms with Gasteiger partial charge in [0.05, 0.1) is 18.4 Å². The molecule has 1 amide bonds. The van der Waals surface area contributed by atoms with E-state index < -0.39 is 17.8 Å². The third-order valence-corrected chi connectivity index (χ3v) is 4.55. The fourth-order valence-electron chi connectivity index (χ4n) is 3.14. The summed E-state index contributed by atoms with van der Waals surface area (Å²) < 4.78 is 1.86. The number of carbonyl (C=O) groups excluding carboxylic acids is 1. The number of nitrogens with zero attached hydrogens (tertiary/aromatic N) is 3. The Morgan fingerprint density at radius 2 is 2.10 bits per heavy atom. The van der Waals surface area contributed by atoms with E-state index in [1.165, 1.54) is 0 Å². The molecule has 6 heteroatoms. The van der Waals surface area contributed by atoms with Gasteiger partial charge in [-0.3, -0.25) is 9.59 Å². The molecule has 1 aliphatic rings. The van der Waals surface area contributed by atoms with Gasteiger partial charge in [0.1, 0.15) is 5.82 Å². The minimum absolute atomic E-state index is 0.0821. The second-order valence-corrected chi connectivity index (χ2v) is 5.95. The van der Waals surface area contributed by atoms with E-state index >= 15 is 0 Å². The third kappa shape index (κ3) is 3.25. The maximum absolute atomic E-state index is 12.6. The van der Waals surface area contributed by atoms with Crippen molar-refractivity contribution < 1.29 is 14.7 Å². The standard InChI is InChI=1S/C15H23N3O3/c1-4-10-7-11(12(8-10)15(20)21)14(19)18(3)9-13-16-5-6-17(13)2/h5-6,10-12H,4,7-9H2,1-3H3,(H,20,21). The van der Waals surface area contributed by atoms with Crippen LogP contribution >= 0.6 is 0 Å². The summed E-state index contributed by atoms with van der Waals surface area (Å²) in [6.45, 7) is 2.45. The van der Waals surface area contributed by atoms with Crippen LogP contribution in [0.25, 0.3) is 0 Å². The summed E-state index contributed by atoms with van der Waals surface area (Å²) in [7, 11) is 3.60. The molecule has 1 heterocycles. The first kappa shape index (κ1) is 15.5. The quantitative estimate of drug-likeness (QED) is 0.893. The van der Waals surface area contributed by atoms with Gasteiger partial charge in [-0.25, -0.2) is 4.98 Å². The molecular weight excluding hydrogens is 270 g/mol. The first-order valence-electron chi connectivity index (χ1n) is 7.38. The average molecular weight is 293 g/mol. The molecule has 1 aromatic rings. The van der Waals surface area contributed by atoms with Gasteiger partial charge in [-0.1, -0.05) is 13.3 Å². The summed E-state index contributed by atoms with van der Waals surface area (Å²) in [5.74, 6) is -0.760. The van der Waals surface area contributed by atoms with E-state index in [0.29, 0.717) is 25.3 Å². The van der Waals surface area contributed by atoms with Crippen molar-refractivity contribution in [1.29, 1.82) is 0 Å². The molecule has 1 aliphatic carbocycles. The minimum atomic E-state index is -0.852. The molecule has 0 saturated heterocycles. The lowest BCUT2D eigenvalue weighted by atomic mass is 9.95. The molecule has 6 nitrogen and oxygen atoms in total. The lowest BCUT2D eigenvalue weighted by Gasteiger charge is -2.23. The fraction of sp³-hybridized carbons (Fsp3) is 0.667. The van der Waals surface area contributed by atoms with E-state index in [1.807, 2.05) is 24.7 Å². The molecule has 1 N–H and O–H groups in total. The van der Waals surface area contributed by atoms with Gasteiger partial charge in [0.25, 0.3) is 0 Å². The van der Waals surface area contributed by atoms with E-state index in [1.54, 1.807) is 18.1 Å². The predicted octanol–water partition coefficient (Wildman–Crippen LogP) is 1.52. The number of hydrogen-bond donors (Lipinski definition) is 1. The molecule has 0 aromatic carbocycles. The van der Waals surface area contributed by atoms with Crippen molar-refractivity contribution in [1.82, 2.24) is 14.5 Å². The SMILES string of the molecule is CCC1CC(C(=O)O)C(C(=O)N(C)Cc2nccn2C)C1. The number of carboxylic acid groups (broad SMARTS) is 1. The number of rotatable bonds is 5. The van der Waals surface area contributed by atoms with Crippen LogP contribution in [0, 0.1) is 17.8 Å². The van der Waals surface area contributed by atoms with Gasteiger partial charge in [-0.2, -0.15) is 0 Å². The van der Waals surface area contributed by atoms with E-state index in [2.05, 4.69) is 4.98 Å². The smallest absolute Gasteiger partial charge is 0.307 e. The first-order valence-corrected chi connectivity index (χ1v) is 7.38. The Kier molecular flexibility index (Phi) is 4.65. The number of aromatic nitrogens is 2. The van der Waals surface area contributed by atoms with E-state index in [4.69, 9.17) is 0 Å². The summed E-state index contributed by atoms with van der Waals surface area (Å²) in [4.78, 5) is 29.8. The zero-order valence-electron chi connectivity index (χ0n) is 12.8. The molecule has 1 aromatic heterocycles. The van der Waals surface area contributed by atoms with Crippen molar-refractivity contribution in [3.63, 3.8) is 0 Å². The van der Waals surface area contributed by atoms with Crippen LogP contribution in [0.15, 0.2) is 12.4 Å². The van der Waals surface area contributed by atoms with E-state index in [9.17, 15) is 14.7 Å².